The van der Waals surface area contributed by atoms with Crippen molar-refractivity contribution in [1.82, 2.24) is 4.72 Å². The summed E-state index contributed by atoms with van der Waals surface area (Å²) >= 11 is 0.984. The van der Waals surface area contributed by atoms with Crippen LogP contribution in [0.2, 0.25) is 0 Å². The van der Waals surface area contributed by atoms with Crippen molar-refractivity contribution in [3.05, 3.63) is 82.3 Å². The van der Waals surface area contributed by atoms with Gasteiger partial charge in [-0.3, -0.25) is 0 Å². The molecule has 0 amide bonds. The van der Waals surface area contributed by atoms with E-state index in [0.29, 0.717) is 11.3 Å². The first-order valence-electron chi connectivity index (χ1n) is 7.54. The maximum atomic E-state index is 12.9. The van der Waals surface area contributed by atoms with Crippen LogP contribution in [0.15, 0.2) is 70.9 Å². The summed E-state index contributed by atoms with van der Waals surface area (Å²) in [5, 5.41) is 1.37. The van der Waals surface area contributed by atoms with E-state index in [1.165, 1.54) is 35.7 Å². The molecule has 0 saturated heterocycles. The van der Waals surface area contributed by atoms with Crippen molar-refractivity contribution >= 4 is 27.3 Å². The lowest BCUT2D eigenvalue weighted by Crippen LogP contribution is -2.22. The molecule has 3 rings (SSSR count). The van der Waals surface area contributed by atoms with Crippen LogP contribution in [-0.4, -0.2) is 14.4 Å². The van der Waals surface area contributed by atoms with E-state index in [1.54, 1.807) is 30.3 Å². The Kier molecular flexibility index (Phi) is 5.46. The lowest BCUT2D eigenvalue weighted by molar-refractivity contribution is 0.0739. The highest BCUT2D eigenvalue weighted by Crippen LogP contribution is 2.21. The van der Waals surface area contributed by atoms with Gasteiger partial charge >= 0.3 is 5.97 Å². The smallest absolute Gasteiger partial charge is 0.353 e. The molecule has 1 heterocycles. The van der Waals surface area contributed by atoms with Gasteiger partial charge in [0.2, 0.25) is 10.0 Å². The zero-order valence-electron chi connectivity index (χ0n) is 13.4. The van der Waals surface area contributed by atoms with E-state index in [2.05, 4.69) is 4.72 Å². The highest BCUT2D eigenvalue weighted by atomic mass is 32.2. The summed E-state index contributed by atoms with van der Waals surface area (Å²) in [6.07, 6.45) is 0. The largest absolute Gasteiger partial charge is 0.422 e. The zero-order chi connectivity index (χ0) is 18.6. The quantitative estimate of drug-likeness (QED) is 0.515. The summed E-state index contributed by atoms with van der Waals surface area (Å²) in [7, 11) is -3.80. The zero-order valence-corrected chi connectivity index (χ0v) is 15.0. The van der Waals surface area contributed by atoms with Gasteiger partial charge in [0.1, 0.15) is 16.4 Å². The Morgan fingerprint density at radius 2 is 1.77 bits per heavy atom. The molecule has 0 aliphatic carbocycles. The molecular weight excluding hydrogens is 377 g/mol. The normalized spacial score (nSPS) is 11.3. The summed E-state index contributed by atoms with van der Waals surface area (Å²) in [6.45, 7) is 0.0161. The fourth-order valence-corrected chi connectivity index (χ4v) is 4.24. The number of esters is 1. The molecule has 0 radical (unpaired) electrons. The van der Waals surface area contributed by atoms with Crippen LogP contribution in [-0.2, 0) is 16.6 Å². The molecule has 0 aliphatic heterocycles. The highest BCUT2D eigenvalue weighted by molar-refractivity contribution is 7.89. The van der Waals surface area contributed by atoms with E-state index in [1.807, 2.05) is 0 Å². The number of sulfonamides is 1. The Labute approximate surface area is 154 Å². The van der Waals surface area contributed by atoms with Gasteiger partial charge in [0.05, 0.1) is 4.90 Å². The number of carbonyl (C=O) groups excluding carboxylic acids is 1. The Balaban J connectivity index is 1.67. The molecule has 0 saturated carbocycles. The molecule has 1 N–H and O–H groups in total. The van der Waals surface area contributed by atoms with E-state index in [0.717, 1.165) is 11.3 Å². The number of halogens is 1. The molecule has 0 fully saturated rings. The lowest BCUT2D eigenvalue weighted by atomic mass is 10.2. The van der Waals surface area contributed by atoms with Crippen LogP contribution in [0.3, 0.4) is 0 Å². The molecule has 134 valence electrons. The molecule has 2 aromatic carbocycles. The van der Waals surface area contributed by atoms with Gasteiger partial charge in [0.15, 0.2) is 0 Å². The van der Waals surface area contributed by atoms with Crippen LogP contribution >= 0.6 is 11.3 Å². The maximum absolute atomic E-state index is 12.9. The predicted octanol–water partition coefficient (Wildman–Crippen LogP) is 3.58. The monoisotopic (exact) mass is 391 g/mol. The first kappa shape index (κ1) is 18.2. The Morgan fingerprint density at radius 1 is 1.08 bits per heavy atom. The van der Waals surface area contributed by atoms with Crippen LogP contribution in [0.25, 0.3) is 0 Å². The molecule has 0 bridgehead atoms. The average Bonchev–Trinajstić information content (AvgIpc) is 3.13. The Bertz CT molecular complexity index is 999. The number of rotatable bonds is 6. The van der Waals surface area contributed by atoms with Gasteiger partial charge in [-0.1, -0.05) is 30.3 Å². The third-order valence-electron chi connectivity index (χ3n) is 3.42. The SMILES string of the molecule is O=C(Oc1ccccc1)c1cc(S(=O)(=O)NCc2ccc(F)cc2)cs1. The summed E-state index contributed by atoms with van der Waals surface area (Å²) in [4.78, 5) is 12.3. The fourth-order valence-electron chi connectivity index (χ4n) is 2.08. The third-order valence-corrected chi connectivity index (χ3v) is 5.86. The van der Waals surface area contributed by atoms with Gasteiger partial charge in [-0.15, -0.1) is 11.3 Å². The van der Waals surface area contributed by atoms with Crippen LogP contribution < -0.4 is 9.46 Å². The average molecular weight is 391 g/mol. The number of nitrogens with one attached hydrogen (secondary N) is 1. The Hall–Kier alpha value is -2.55. The lowest BCUT2D eigenvalue weighted by Gasteiger charge is -2.05. The van der Waals surface area contributed by atoms with Crippen LogP contribution in [0.4, 0.5) is 4.39 Å². The van der Waals surface area contributed by atoms with E-state index in [4.69, 9.17) is 4.74 Å². The second-order valence-corrected chi connectivity index (χ2v) is 7.98. The first-order valence-corrected chi connectivity index (χ1v) is 9.90. The second-order valence-electron chi connectivity index (χ2n) is 5.30. The van der Waals surface area contributed by atoms with Crippen LogP contribution in [0.1, 0.15) is 15.2 Å². The maximum Gasteiger partial charge on any atom is 0.353 e. The summed E-state index contributed by atoms with van der Waals surface area (Å²) in [5.41, 5.74) is 0.619. The predicted molar refractivity (Wildman–Crippen MR) is 96.1 cm³/mol. The molecule has 3 aromatic rings. The van der Waals surface area contributed by atoms with Gasteiger partial charge in [0, 0.05) is 11.9 Å². The van der Waals surface area contributed by atoms with Gasteiger partial charge in [0.25, 0.3) is 0 Å². The van der Waals surface area contributed by atoms with Crippen molar-refractivity contribution < 1.29 is 22.3 Å². The molecule has 0 unspecified atom stereocenters. The molecule has 8 heteroatoms. The third kappa shape index (κ3) is 4.54. The van der Waals surface area contributed by atoms with E-state index in [9.17, 15) is 17.6 Å². The second kappa shape index (κ2) is 7.77. The standard InChI is InChI=1S/C18H14FNO4S2/c19-14-8-6-13(7-9-14)11-20-26(22,23)16-10-17(25-12-16)18(21)24-15-4-2-1-3-5-15/h1-10,12,20H,11H2. The summed E-state index contributed by atoms with van der Waals surface area (Å²) in [6, 6.07) is 15.3. The van der Waals surface area contributed by atoms with Crippen LogP contribution in [0.5, 0.6) is 5.75 Å². The van der Waals surface area contributed by atoms with E-state index < -0.39 is 21.8 Å². The number of hydrogen-bond acceptors (Lipinski definition) is 5. The molecular formula is C18H14FNO4S2. The van der Waals surface area contributed by atoms with Gasteiger partial charge in [-0.05, 0) is 35.9 Å². The number of carbonyl (C=O) groups is 1. The minimum absolute atomic E-state index is 0.0161. The van der Waals surface area contributed by atoms with E-state index in [-0.39, 0.29) is 16.3 Å². The molecule has 26 heavy (non-hydrogen) atoms. The van der Waals surface area contributed by atoms with Crippen molar-refractivity contribution in [2.45, 2.75) is 11.4 Å². The highest BCUT2D eigenvalue weighted by Gasteiger charge is 2.19. The fraction of sp³-hybridized carbons (Fsp3) is 0.0556. The minimum Gasteiger partial charge on any atom is -0.422 e. The number of thiophene rings is 1. The summed E-state index contributed by atoms with van der Waals surface area (Å²) in [5.74, 6) is -0.637. The molecule has 0 atom stereocenters. The molecule has 0 aliphatic rings. The van der Waals surface area contributed by atoms with Gasteiger partial charge in [-0.25, -0.2) is 22.3 Å². The molecule has 0 spiro atoms. The van der Waals surface area contributed by atoms with Crippen LogP contribution in [0, 0.1) is 5.82 Å². The topological polar surface area (TPSA) is 72.5 Å². The van der Waals surface area contributed by atoms with Crippen molar-refractivity contribution in [3.8, 4) is 5.75 Å². The van der Waals surface area contributed by atoms with E-state index >= 15 is 0 Å². The summed E-state index contributed by atoms with van der Waals surface area (Å²) < 4.78 is 45.2. The minimum atomic E-state index is -3.80. The Morgan fingerprint density at radius 3 is 2.46 bits per heavy atom. The number of benzene rings is 2. The molecule has 5 nitrogen and oxygen atoms in total. The van der Waals surface area contributed by atoms with Crippen molar-refractivity contribution in [1.29, 1.82) is 0 Å². The number of ether oxygens (including phenoxy) is 1. The van der Waals surface area contributed by atoms with Crippen molar-refractivity contribution in [2.75, 3.05) is 0 Å². The van der Waals surface area contributed by atoms with Gasteiger partial charge in [-0.2, -0.15) is 0 Å². The molecule has 1 aromatic heterocycles. The van der Waals surface area contributed by atoms with Crippen molar-refractivity contribution in [2.24, 2.45) is 0 Å². The first-order chi connectivity index (χ1) is 12.4. The number of para-hydroxylation sites is 1. The van der Waals surface area contributed by atoms with Gasteiger partial charge < -0.3 is 4.74 Å². The van der Waals surface area contributed by atoms with Crippen molar-refractivity contribution in [3.63, 3.8) is 0 Å². The number of hydrogen-bond donors (Lipinski definition) is 1.